The molecule has 112 valence electrons. The molecule has 0 fully saturated rings. The molecule has 20 heavy (non-hydrogen) atoms. The monoisotopic (exact) mass is 496 g/mol. The van der Waals surface area contributed by atoms with Crippen LogP contribution in [0, 0.1) is 3.57 Å². The van der Waals surface area contributed by atoms with E-state index in [0.29, 0.717) is 0 Å². The van der Waals surface area contributed by atoms with E-state index in [1.807, 2.05) is 24.3 Å². The molecule has 0 aliphatic heterocycles. The Hall–Kier alpha value is 0.219. The second kappa shape index (κ2) is 9.28. The third-order valence-corrected chi connectivity index (χ3v) is 18.3. The number of carbonyl (C=O) groups excluding carboxylic acids is 1. The Bertz CT molecular complexity index is 417. The molecule has 0 saturated heterocycles. The molecule has 1 rings (SSSR count). The molecule has 0 spiro atoms. The first-order valence-electron chi connectivity index (χ1n) is 7.56. The fourth-order valence-electron chi connectivity index (χ4n) is 2.77. The van der Waals surface area contributed by atoms with Crippen molar-refractivity contribution in [3.8, 4) is 0 Å². The number of carbonyl (C=O) groups is 1. The van der Waals surface area contributed by atoms with Gasteiger partial charge >= 0.3 is 142 Å². The normalized spacial score (nSPS) is 11.4. The van der Waals surface area contributed by atoms with E-state index in [2.05, 4.69) is 43.4 Å². The topological polar surface area (TPSA) is 26.3 Å². The van der Waals surface area contributed by atoms with Crippen LogP contribution in [0.2, 0.25) is 13.3 Å². The van der Waals surface area contributed by atoms with E-state index < -0.39 is 18.8 Å². The molecule has 0 aliphatic rings. The van der Waals surface area contributed by atoms with Crippen LogP contribution in [0.4, 0.5) is 0 Å². The van der Waals surface area contributed by atoms with Crippen LogP contribution in [-0.4, -0.2) is 24.8 Å². The van der Waals surface area contributed by atoms with Crippen LogP contribution in [0.25, 0.3) is 0 Å². The zero-order valence-electron chi connectivity index (χ0n) is 12.7. The van der Waals surface area contributed by atoms with E-state index in [4.69, 9.17) is 3.07 Å². The Balaban J connectivity index is 2.93. The zero-order valence-corrected chi connectivity index (χ0v) is 17.8. The standard InChI is InChI=1S/C7H5IO2.3C3H7.Sn/c8-6-4-2-1-3-5(6)7(9)10;3*1-3-2;/h1-4H,(H,9,10);3*1,3H2,2H3;/q;;;;+1/p-1. The van der Waals surface area contributed by atoms with E-state index in [1.54, 1.807) is 0 Å². The summed E-state index contributed by atoms with van der Waals surface area (Å²) in [5.74, 6) is -0.0823. The second-order valence-corrected chi connectivity index (χ2v) is 18.1. The minimum absolute atomic E-state index is 0.0823. The van der Waals surface area contributed by atoms with Crippen molar-refractivity contribution in [3.05, 3.63) is 33.4 Å². The van der Waals surface area contributed by atoms with E-state index in [9.17, 15) is 4.79 Å². The van der Waals surface area contributed by atoms with Gasteiger partial charge in [0.1, 0.15) is 0 Å². The maximum atomic E-state index is 12.5. The summed E-state index contributed by atoms with van der Waals surface area (Å²) in [6.45, 7) is 6.62. The molecule has 0 atom stereocenters. The van der Waals surface area contributed by atoms with Gasteiger partial charge in [-0.2, -0.15) is 0 Å². The molecule has 1 aromatic carbocycles. The van der Waals surface area contributed by atoms with Crippen LogP contribution in [0.1, 0.15) is 50.4 Å². The van der Waals surface area contributed by atoms with Crippen molar-refractivity contribution in [2.75, 3.05) is 0 Å². The summed E-state index contributed by atoms with van der Waals surface area (Å²) in [6, 6.07) is 7.72. The van der Waals surface area contributed by atoms with E-state index in [1.165, 1.54) is 0 Å². The van der Waals surface area contributed by atoms with Crippen molar-refractivity contribution in [1.82, 2.24) is 0 Å². The van der Waals surface area contributed by atoms with Crippen molar-refractivity contribution < 1.29 is 7.87 Å². The molecule has 0 radical (unpaired) electrons. The molecular weight excluding hydrogens is 470 g/mol. The van der Waals surface area contributed by atoms with E-state index >= 15 is 0 Å². The zero-order chi connectivity index (χ0) is 15.0. The first kappa shape index (κ1) is 18.3. The molecule has 0 N–H and O–H groups in total. The summed E-state index contributed by atoms with van der Waals surface area (Å²) in [7, 11) is 0. The number of benzene rings is 1. The summed E-state index contributed by atoms with van der Waals surface area (Å²) in [5.41, 5.74) is 0.734. The number of hydrogen-bond acceptors (Lipinski definition) is 2. The minimum atomic E-state index is -2.75. The molecule has 0 heterocycles. The average molecular weight is 495 g/mol. The van der Waals surface area contributed by atoms with Crippen molar-refractivity contribution in [2.24, 2.45) is 0 Å². The van der Waals surface area contributed by atoms with Crippen LogP contribution in [0.15, 0.2) is 24.3 Å². The van der Waals surface area contributed by atoms with Crippen molar-refractivity contribution in [3.63, 3.8) is 0 Å². The third kappa shape index (κ3) is 5.20. The molecule has 4 heteroatoms. The van der Waals surface area contributed by atoms with Gasteiger partial charge < -0.3 is 0 Å². The summed E-state index contributed by atoms with van der Waals surface area (Å²) >= 11 is -0.540. The van der Waals surface area contributed by atoms with Gasteiger partial charge in [0.05, 0.1) is 0 Å². The van der Waals surface area contributed by atoms with Crippen molar-refractivity contribution in [2.45, 2.75) is 53.3 Å². The van der Waals surface area contributed by atoms with Gasteiger partial charge in [0.2, 0.25) is 0 Å². The van der Waals surface area contributed by atoms with Crippen LogP contribution in [0.3, 0.4) is 0 Å². The predicted octanol–water partition coefficient (Wildman–Crippen LogP) is 5.62. The third-order valence-electron chi connectivity index (χ3n) is 3.52. The predicted molar refractivity (Wildman–Crippen MR) is 95.6 cm³/mol. The molecule has 0 amide bonds. The molecule has 0 unspecified atom stereocenters. The van der Waals surface area contributed by atoms with Crippen molar-refractivity contribution in [1.29, 1.82) is 0 Å². The van der Waals surface area contributed by atoms with Gasteiger partial charge in [-0.05, 0) is 0 Å². The van der Waals surface area contributed by atoms with Gasteiger partial charge in [0.25, 0.3) is 0 Å². The molecule has 2 nitrogen and oxygen atoms in total. The summed E-state index contributed by atoms with van der Waals surface area (Å²) in [4.78, 5) is 12.5. The average Bonchev–Trinajstić information content (AvgIpc) is 2.40. The molecule has 0 bridgehead atoms. The van der Waals surface area contributed by atoms with Gasteiger partial charge in [0.15, 0.2) is 0 Å². The molecule has 1 aromatic rings. The molecular formula is C16H25IO2Sn. The second-order valence-electron chi connectivity index (χ2n) is 5.30. The van der Waals surface area contributed by atoms with Gasteiger partial charge in [-0.1, -0.05) is 0 Å². The van der Waals surface area contributed by atoms with Gasteiger partial charge in [-0.25, -0.2) is 0 Å². The van der Waals surface area contributed by atoms with Crippen LogP contribution in [-0.2, 0) is 3.07 Å². The fourth-order valence-corrected chi connectivity index (χ4v) is 15.6. The number of hydrogen-bond donors (Lipinski definition) is 0. The van der Waals surface area contributed by atoms with Crippen LogP contribution >= 0.6 is 22.6 Å². The van der Waals surface area contributed by atoms with Crippen LogP contribution < -0.4 is 0 Å². The summed E-state index contributed by atoms with van der Waals surface area (Å²) in [6.07, 6.45) is 3.40. The first-order chi connectivity index (χ1) is 9.58. The van der Waals surface area contributed by atoms with Gasteiger partial charge in [-0.3, -0.25) is 0 Å². The van der Waals surface area contributed by atoms with E-state index in [0.717, 1.165) is 41.7 Å². The molecule has 0 aromatic heterocycles. The van der Waals surface area contributed by atoms with Crippen molar-refractivity contribution >= 4 is 47.4 Å². The molecule has 0 aliphatic carbocycles. The Labute approximate surface area is 141 Å². The number of rotatable bonds is 8. The maximum absolute atomic E-state index is 12.5. The first-order valence-corrected chi connectivity index (χ1v) is 15.9. The Morgan fingerprint density at radius 1 is 1.05 bits per heavy atom. The Morgan fingerprint density at radius 3 is 2.00 bits per heavy atom. The van der Waals surface area contributed by atoms with Gasteiger partial charge in [0, 0.05) is 0 Å². The SMILES string of the molecule is CC[CH2][Sn]([CH2]CC)([CH2]CC)[O]C(=O)c1ccccc1I. The summed E-state index contributed by atoms with van der Waals surface area (Å²) < 4.78 is 10.7. The van der Waals surface area contributed by atoms with Crippen LogP contribution in [0.5, 0.6) is 0 Å². The van der Waals surface area contributed by atoms with Gasteiger partial charge in [-0.15, -0.1) is 0 Å². The Morgan fingerprint density at radius 2 is 1.55 bits per heavy atom. The molecule has 0 saturated carbocycles. The fraction of sp³-hybridized carbons (Fsp3) is 0.562. The quantitative estimate of drug-likeness (QED) is 0.346. The number of halogens is 1. The summed E-state index contributed by atoms with van der Waals surface area (Å²) in [5, 5.41) is 0. The van der Waals surface area contributed by atoms with E-state index in [-0.39, 0.29) is 5.97 Å². The Kier molecular flexibility index (Phi) is 8.48.